The maximum atomic E-state index is 11.0. The second kappa shape index (κ2) is 4.42. The van der Waals surface area contributed by atoms with Crippen molar-refractivity contribution in [1.82, 2.24) is 10.9 Å². The van der Waals surface area contributed by atoms with Crippen molar-refractivity contribution in [2.45, 2.75) is 38.8 Å². The summed E-state index contributed by atoms with van der Waals surface area (Å²) in [6, 6.07) is 0. The normalized spacial score (nSPS) is 29.0. The van der Waals surface area contributed by atoms with E-state index in [1.165, 1.54) is 0 Å². The van der Waals surface area contributed by atoms with Crippen LogP contribution >= 0.6 is 0 Å². The molecule has 0 aliphatic carbocycles. The van der Waals surface area contributed by atoms with Gasteiger partial charge in [-0.1, -0.05) is 26.2 Å². The van der Waals surface area contributed by atoms with Gasteiger partial charge in [0.15, 0.2) is 0 Å². The van der Waals surface area contributed by atoms with Crippen molar-refractivity contribution in [3.05, 3.63) is 0 Å². The highest BCUT2D eigenvalue weighted by Gasteiger charge is 2.31. The average Bonchev–Trinajstić information content (AvgIpc) is 2.35. The van der Waals surface area contributed by atoms with Gasteiger partial charge in [0.2, 0.25) is 5.91 Å². The molecule has 0 bridgehead atoms. The third-order valence-electron chi connectivity index (χ3n) is 2.18. The summed E-state index contributed by atoms with van der Waals surface area (Å²) in [6.45, 7) is 2.11. The fourth-order valence-corrected chi connectivity index (χ4v) is 1.38. The molecule has 4 nitrogen and oxygen atoms in total. The fraction of sp³-hybridized carbons (Fsp3) is 0.875. The van der Waals surface area contributed by atoms with E-state index in [-0.39, 0.29) is 11.8 Å². The van der Waals surface area contributed by atoms with Gasteiger partial charge in [0.05, 0.1) is 5.92 Å². The Morgan fingerprint density at radius 3 is 2.75 bits per heavy atom. The van der Waals surface area contributed by atoms with Gasteiger partial charge in [-0.3, -0.25) is 10.2 Å². The Kier molecular flexibility index (Phi) is 3.49. The number of aliphatic hydroxyl groups excluding tert-OH is 1. The summed E-state index contributed by atoms with van der Waals surface area (Å²) in [7, 11) is 0. The van der Waals surface area contributed by atoms with Gasteiger partial charge in [-0.05, 0) is 6.42 Å². The second-order valence-electron chi connectivity index (χ2n) is 3.18. The quantitative estimate of drug-likeness (QED) is 0.528. The molecule has 2 unspecified atom stereocenters. The standard InChI is InChI=1S/C8H16N2O2/c1-2-3-4-5-6-7(11)9-10-8(6)12/h6-7,9,11H,2-5H2,1H3,(H,10,12). The molecule has 0 aromatic carbocycles. The SMILES string of the molecule is CCCCCC1C(=O)NNC1O. The van der Waals surface area contributed by atoms with Crippen LogP contribution in [0.15, 0.2) is 0 Å². The molecule has 3 N–H and O–H groups in total. The lowest BCUT2D eigenvalue weighted by atomic mass is 10.0. The van der Waals surface area contributed by atoms with Crippen LogP contribution in [0.5, 0.6) is 0 Å². The van der Waals surface area contributed by atoms with Gasteiger partial charge in [0.1, 0.15) is 6.23 Å². The molecule has 0 aromatic heterocycles. The molecule has 1 fully saturated rings. The average molecular weight is 172 g/mol. The van der Waals surface area contributed by atoms with Crippen LogP contribution in [0.2, 0.25) is 0 Å². The van der Waals surface area contributed by atoms with E-state index in [0.717, 1.165) is 25.7 Å². The molecule has 1 rings (SSSR count). The summed E-state index contributed by atoms with van der Waals surface area (Å²) in [5.74, 6) is -0.338. The number of unbranched alkanes of at least 4 members (excludes halogenated alkanes) is 2. The van der Waals surface area contributed by atoms with Crippen molar-refractivity contribution in [2.75, 3.05) is 0 Å². The summed E-state index contributed by atoms with van der Waals surface area (Å²) in [5.41, 5.74) is 4.91. The monoisotopic (exact) mass is 172 g/mol. The van der Waals surface area contributed by atoms with Crippen molar-refractivity contribution < 1.29 is 9.90 Å². The van der Waals surface area contributed by atoms with Gasteiger partial charge in [0, 0.05) is 0 Å². The summed E-state index contributed by atoms with van der Waals surface area (Å²) in [5, 5.41) is 9.26. The highest BCUT2D eigenvalue weighted by atomic mass is 16.3. The Morgan fingerprint density at radius 1 is 1.50 bits per heavy atom. The minimum absolute atomic E-state index is 0.0846. The zero-order valence-corrected chi connectivity index (χ0v) is 7.34. The molecule has 2 atom stereocenters. The van der Waals surface area contributed by atoms with Crippen LogP contribution in [0.3, 0.4) is 0 Å². The van der Waals surface area contributed by atoms with E-state index in [4.69, 9.17) is 0 Å². The van der Waals surface area contributed by atoms with Crippen molar-refractivity contribution in [3.63, 3.8) is 0 Å². The highest BCUT2D eigenvalue weighted by Crippen LogP contribution is 2.15. The van der Waals surface area contributed by atoms with Gasteiger partial charge >= 0.3 is 0 Å². The molecule has 1 saturated heterocycles. The molecule has 0 spiro atoms. The Hall–Kier alpha value is -0.610. The van der Waals surface area contributed by atoms with E-state index in [2.05, 4.69) is 17.8 Å². The molecular weight excluding hydrogens is 156 g/mol. The Balaban J connectivity index is 2.25. The molecule has 1 heterocycles. The minimum atomic E-state index is -0.700. The van der Waals surface area contributed by atoms with Crippen LogP contribution < -0.4 is 10.9 Å². The number of hydrogen-bond acceptors (Lipinski definition) is 3. The van der Waals surface area contributed by atoms with Gasteiger partial charge in [-0.15, -0.1) is 0 Å². The molecule has 1 amide bonds. The van der Waals surface area contributed by atoms with E-state index < -0.39 is 6.23 Å². The molecule has 0 aromatic rings. The number of nitrogens with one attached hydrogen (secondary N) is 2. The molecule has 4 heteroatoms. The first kappa shape index (κ1) is 9.48. The lowest BCUT2D eigenvalue weighted by Crippen LogP contribution is -2.31. The molecule has 0 radical (unpaired) electrons. The van der Waals surface area contributed by atoms with Crippen molar-refractivity contribution in [3.8, 4) is 0 Å². The van der Waals surface area contributed by atoms with Crippen molar-refractivity contribution in [2.24, 2.45) is 5.92 Å². The van der Waals surface area contributed by atoms with Gasteiger partial charge < -0.3 is 5.11 Å². The molecule has 1 aliphatic rings. The number of rotatable bonds is 4. The summed E-state index contributed by atoms with van der Waals surface area (Å²) >= 11 is 0. The smallest absolute Gasteiger partial charge is 0.241 e. The largest absolute Gasteiger partial charge is 0.376 e. The summed E-state index contributed by atoms with van der Waals surface area (Å²) < 4.78 is 0. The van der Waals surface area contributed by atoms with E-state index >= 15 is 0 Å². The van der Waals surface area contributed by atoms with Crippen LogP contribution in [0.1, 0.15) is 32.6 Å². The number of hydrazine groups is 1. The van der Waals surface area contributed by atoms with E-state index in [9.17, 15) is 9.90 Å². The van der Waals surface area contributed by atoms with E-state index in [0.29, 0.717) is 0 Å². The number of aliphatic hydroxyl groups is 1. The predicted molar refractivity (Wildman–Crippen MR) is 44.9 cm³/mol. The number of amides is 1. The molecule has 70 valence electrons. The van der Waals surface area contributed by atoms with Crippen molar-refractivity contribution in [1.29, 1.82) is 0 Å². The predicted octanol–water partition coefficient (Wildman–Crippen LogP) is 0.136. The van der Waals surface area contributed by atoms with Crippen molar-refractivity contribution >= 4 is 5.91 Å². The Morgan fingerprint density at radius 2 is 2.25 bits per heavy atom. The first-order valence-electron chi connectivity index (χ1n) is 4.49. The third kappa shape index (κ3) is 2.19. The Bertz CT molecular complexity index is 161. The first-order chi connectivity index (χ1) is 5.75. The number of carbonyl (C=O) groups excluding carboxylic acids is 1. The molecule has 0 saturated carbocycles. The van der Waals surface area contributed by atoms with Gasteiger partial charge in [0.25, 0.3) is 0 Å². The van der Waals surface area contributed by atoms with Crippen LogP contribution in [0, 0.1) is 5.92 Å². The summed E-state index contributed by atoms with van der Waals surface area (Å²) in [6.07, 6.45) is 3.34. The lowest BCUT2D eigenvalue weighted by molar-refractivity contribution is -0.123. The number of hydrogen-bond donors (Lipinski definition) is 3. The fourth-order valence-electron chi connectivity index (χ4n) is 1.38. The second-order valence-corrected chi connectivity index (χ2v) is 3.18. The third-order valence-corrected chi connectivity index (χ3v) is 2.18. The van der Waals surface area contributed by atoms with Crippen LogP contribution in [0.4, 0.5) is 0 Å². The number of carbonyl (C=O) groups is 1. The summed E-state index contributed by atoms with van der Waals surface area (Å²) in [4.78, 5) is 11.0. The van der Waals surface area contributed by atoms with Crippen LogP contribution in [-0.2, 0) is 4.79 Å². The van der Waals surface area contributed by atoms with Gasteiger partial charge in [-0.2, -0.15) is 0 Å². The maximum absolute atomic E-state index is 11.0. The topological polar surface area (TPSA) is 61.4 Å². The van der Waals surface area contributed by atoms with Crippen LogP contribution in [-0.4, -0.2) is 17.2 Å². The molecule has 1 aliphatic heterocycles. The molecular formula is C8H16N2O2. The van der Waals surface area contributed by atoms with Gasteiger partial charge in [-0.25, -0.2) is 5.43 Å². The Labute approximate surface area is 72.3 Å². The van der Waals surface area contributed by atoms with Crippen LogP contribution in [0.25, 0.3) is 0 Å². The molecule has 12 heavy (non-hydrogen) atoms. The zero-order chi connectivity index (χ0) is 8.97. The minimum Gasteiger partial charge on any atom is -0.376 e. The maximum Gasteiger partial charge on any atom is 0.241 e. The first-order valence-corrected chi connectivity index (χ1v) is 4.49. The van der Waals surface area contributed by atoms with E-state index in [1.54, 1.807) is 0 Å². The van der Waals surface area contributed by atoms with E-state index in [1.807, 2.05) is 0 Å². The highest BCUT2D eigenvalue weighted by molar-refractivity contribution is 5.80. The zero-order valence-electron chi connectivity index (χ0n) is 7.34. The lowest BCUT2D eigenvalue weighted by Gasteiger charge is -2.09.